The summed E-state index contributed by atoms with van der Waals surface area (Å²) in [6.45, 7) is 5.75. The molecule has 0 aliphatic heterocycles. The van der Waals surface area contributed by atoms with Crippen molar-refractivity contribution >= 4 is 29.3 Å². The molecule has 1 fully saturated rings. The quantitative estimate of drug-likeness (QED) is 0.465. The number of ether oxygens (including phenoxy) is 1. The van der Waals surface area contributed by atoms with E-state index < -0.39 is 11.7 Å². The molecule has 1 aromatic rings. The van der Waals surface area contributed by atoms with Gasteiger partial charge in [0.1, 0.15) is 5.60 Å². The molecule has 8 heteroatoms. The molecule has 2 rings (SSSR count). The van der Waals surface area contributed by atoms with Crippen LogP contribution in [-0.4, -0.2) is 28.8 Å². The van der Waals surface area contributed by atoms with E-state index in [1.54, 1.807) is 24.3 Å². The maximum absolute atomic E-state index is 12.2. The first-order valence-electron chi connectivity index (χ1n) is 9.15. The molecule has 148 valence electrons. The van der Waals surface area contributed by atoms with Crippen LogP contribution < -0.4 is 21.5 Å². The number of thiocarbonyl (C=S) groups is 1. The van der Waals surface area contributed by atoms with E-state index in [-0.39, 0.29) is 5.91 Å². The van der Waals surface area contributed by atoms with Crippen molar-refractivity contribution < 1.29 is 14.3 Å². The van der Waals surface area contributed by atoms with Gasteiger partial charge in [0.15, 0.2) is 5.11 Å². The van der Waals surface area contributed by atoms with Gasteiger partial charge in [-0.1, -0.05) is 25.0 Å². The Labute approximate surface area is 165 Å². The highest BCUT2D eigenvalue weighted by Crippen LogP contribution is 2.17. The van der Waals surface area contributed by atoms with E-state index in [2.05, 4.69) is 21.5 Å². The van der Waals surface area contributed by atoms with Crippen LogP contribution in [0.2, 0.25) is 0 Å². The lowest BCUT2D eigenvalue weighted by atomic mass is 10.1. The molecule has 7 nitrogen and oxygen atoms in total. The molecule has 0 unspecified atom stereocenters. The number of nitrogens with one attached hydrogen (secondary N) is 4. The summed E-state index contributed by atoms with van der Waals surface area (Å²) in [7, 11) is 0. The topological polar surface area (TPSA) is 91.5 Å². The van der Waals surface area contributed by atoms with Gasteiger partial charge in [-0.15, -0.1) is 0 Å². The van der Waals surface area contributed by atoms with Crippen LogP contribution >= 0.6 is 12.2 Å². The number of carbonyl (C=O) groups is 2. The molecular formula is C19H28N4O3S. The van der Waals surface area contributed by atoms with Gasteiger partial charge in [-0.25, -0.2) is 4.79 Å². The van der Waals surface area contributed by atoms with E-state index in [1.165, 1.54) is 12.8 Å². The highest BCUT2D eigenvalue weighted by Gasteiger charge is 2.16. The first-order chi connectivity index (χ1) is 12.7. The van der Waals surface area contributed by atoms with Crippen molar-refractivity contribution in [1.82, 2.24) is 21.5 Å². The van der Waals surface area contributed by atoms with Crippen molar-refractivity contribution in [3.63, 3.8) is 0 Å². The molecule has 0 radical (unpaired) electrons. The van der Waals surface area contributed by atoms with Gasteiger partial charge in [0.2, 0.25) is 0 Å². The Balaban J connectivity index is 1.74. The zero-order valence-electron chi connectivity index (χ0n) is 16.1. The van der Waals surface area contributed by atoms with Crippen molar-refractivity contribution in [1.29, 1.82) is 0 Å². The minimum absolute atomic E-state index is 0.280. The number of carbonyl (C=O) groups excluding carboxylic acids is 2. The molecule has 1 aromatic carbocycles. The summed E-state index contributed by atoms with van der Waals surface area (Å²) >= 11 is 5.19. The van der Waals surface area contributed by atoms with Crippen molar-refractivity contribution in [2.24, 2.45) is 0 Å². The molecule has 0 atom stereocenters. The smallest absolute Gasteiger partial charge is 0.407 e. The van der Waals surface area contributed by atoms with E-state index in [1.807, 2.05) is 20.8 Å². The van der Waals surface area contributed by atoms with Crippen LogP contribution in [-0.2, 0) is 11.3 Å². The largest absolute Gasteiger partial charge is 0.444 e. The molecular weight excluding hydrogens is 364 g/mol. The normalized spacial score (nSPS) is 14.3. The Morgan fingerprint density at radius 1 is 1.11 bits per heavy atom. The van der Waals surface area contributed by atoms with E-state index in [4.69, 9.17) is 17.0 Å². The fourth-order valence-corrected chi connectivity index (χ4v) is 2.96. The summed E-state index contributed by atoms with van der Waals surface area (Å²) in [4.78, 5) is 23.8. The molecule has 4 N–H and O–H groups in total. The molecule has 1 saturated carbocycles. The second kappa shape index (κ2) is 9.55. The number of hydrogen-bond donors (Lipinski definition) is 4. The van der Waals surface area contributed by atoms with Gasteiger partial charge in [-0.2, -0.15) is 0 Å². The van der Waals surface area contributed by atoms with Gasteiger partial charge in [0, 0.05) is 18.2 Å². The lowest BCUT2D eigenvalue weighted by Crippen LogP contribution is -2.49. The third-order valence-electron chi connectivity index (χ3n) is 4.03. The summed E-state index contributed by atoms with van der Waals surface area (Å²) < 4.78 is 5.18. The lowest BCUT2D eigenvalue weighted by molar-refractivity contribution is 0.0523. The standard InChI is InChI=1S/C19H28N4O3S/c1-19(2,3)26-18(25)20-12-13-8-10-14(11-9-13)16(24)22-23-17(27)21-15-6-4-5-7-15/h8-11,15H,4-7,12H2,1-3H3,(H,20,25)(H,22,24)(H2,21,23,27). The first-order valence-corrected chi connectivity index (χ1v) is 9.56. The average molecular weight is 393 g/mol. The van der Waals surface area contributed by atoms with Crippen LogP contribution in [0.1, 0.15) is 62.4 Å². The number of hydrazine groups is 1. The molecule has 0 heterocycles. The van der Waals surface area contributed by atoms with Crippen LogP contribution in [0.3, 0.4) is 0 Å². The molecule has 27 heavy (non-hydrogen) atoms. The third-order valence-corrected chi connectivity index (χ3v) is 4.25. The SMILES string of the molecule is CC(C)(C)OC(=O)NCc1ccc(C(=O)NNC(=S)NC2CCCC2)cc1. The van der Waals surface area contributed by atoms with E-state index >= 15 is 0 Å². The number of alkyl carbamates (subject to hydrolysis) is 1. The Morgan fingerprint density at radius 3 is 2.33 bits per heavy atom. The van der Waals surface area contributed by atoms with Crippen LogP contribution in [0.4, 0.5) is 4.79 Å². The van der Waals surface area contributed by atoms with Crippen molar-refractivity contribution in [2.75, 3.05) is 0 Å². The van der Waals surface area contributed by atoms with Gasteiger partial charge in [0.25, 0.3) is 5.91 Å². The van der Waals surface area contributed by atoms with Crippen molar-refractivity contribution in [3.8, 4) is 0 Å². The van der Waals surface area contributed by atoms with Crippen LogP contribution in [0.5, 0.6) is 0 Å². The Kier molecular flexibility index (Phi) is 7.41. The molecule has 0 bridgehead atoms. The Bertz CT molecular complexity index is 665. The maximum atomic E-state index is 12.2. The molecule has 0 aromatic heterocycles. The molecule has 1 aliphatic carbocycles. The van der Waals surface area contributed by atoms with Crippen LogP contribution in [0, 0.1) is 0 Å². The van der Waals surface area contributed by atoms with Gasteiger partial charge >= 0.3 is 6.09 Å². The van der Waals surface area contributed by atoms with Crippen LogP contribution in [0.25, 0.3) is 0 Å². The second-order valence-electron chi connectivity index (χ2n) is 7.59. The van der Waals surface area contributed by atoms with E-state index in [0.29, 0.717) is 23.3 Å². The molecule has 2 amide bonds. The average Bonchev–Trinajstić information content (AvgIpc) is 3.10. The summed E-state index contributed by atoms with van der Waals surface area (Å²) in [5, 5.41) is 6.30. The monoisotopic (exact) mass is 392 g/mol. The Hall–Kier alpha value is -2.35. The molecule has 0 spiro atoms. The van der Waals surface area contributed by atoms with Crippen molar-refractivity contribution in [2.45, 2.75) is 64.6 Å². The molecule has 1 aliphatic rings. The fraction of sp³-hybridized carbons (Fsp3) is 0.526. The maximum Gasteiger partial charge on any atom is 0.407 e. The highest BCUT2D eigenvalue weighted by molar-refractivity contribution is 7.80. The van der Waals surface area contributed by atoms with Gasteiger partial charge in [-0.05, 0) is 63.5 Å². The summed E-state index contributed by atoms with van der Waals surface area (Å²) in [5.41, 5.74) is 6.14. The second-order valence-corrected chi connectivity index (χ2v) is 7.99. The van der Waals surface area contributed by atoms with Gasteiger partial charge in [0.05, 0.1) is 0 Å². The highest BCUT2D eigenvalue weighted by atomic mass is 32.1. The summed E-state index contributed by atoms with van der Waals surface area (Å²) in [6.07, 6.45) is 4.16. The van der Waals surface area contributed by atoms with Crippen LogP contribution in [0.15, 0.2) is 24.3 Å². The van der Waals surface area contributed by atoms with E-state index in [0.717, 1.165) is 18.4 Å². The first kappa shape index (κ1) is 21.0. The lowest BCUT2D eigenvalue weighted by Gasteiger charge is -2.19. The number of rotatable bonds is 4. The number of benzene rings is 1. The fourth-order valence-electron chi connectivity index (χ4n) is 2.74. The predicted molar refractivity (Wildman–Crippen MR) is 108 cm³/mol. The Morgan fingerprint density at radius 2 is 1.74 bits per heavy atom. The zero-order chi connectivity index (χ0) is 19.9. The third kappa shape index (κ3) is 7.82. The van der Waals surface area contributed by atoms with Gasteiger partial charge in [-0.3, -0.25) is 15.6 Å². The van der Waals surface area contributed by atoms with Crippen molar-refractivity contribution in [3.05, 3.63) is 35.4 Å². The minimum Gasteiger partial charge on any atom is -0.444 e. The molecule has 0 saturated heterocycles. The van der Waals surface area contributed by atoms with Gasteiger partial charge < -0.3 is 15.4 Å². The number of amides is 2. The minimum atomic E-state index is -0.535. The summed E-state index contributed by atoms with van der Waals surface area (Å²) in [5.74, 6) is -0.280. The van der Waals surface area contributed by atoms with E-state index in [9.17, 15) is 9.59 Å². The predicted octanol–water partition coefficient (Wildman–Crippen LogP) is 2.76. The number of hydrogen-bond acceptors (Lipinski definition) is 4. The summed E-state index contributed by atoms with van der Waals surface area (Å²) in [6, 6.07) is 7.33. The zero-order valence-corrected chi connectivity index (χ0v) is 16.9.